The van der Waals surface area contributed by atoms with Gasteiger partial charge in [0.25, 0.3) is 0 Å². The SMILES string of the molecule is CC1(C)c2ccccc2N(c2ccccc2)c2ccc(N(c3ccc(-c4ccc(N(c5ccc6c(c5)C(C)(C)c5ccccc5N6c5ccccc5)c5c6ccccc6cc6ccccc56)cc4)cc3)c3c4ccccc4cc4ccccc34)cc21. The maximum Gasteiger partial charge on any atom is 0.0618 e. The average Bonchev–Trinajstić information content (AvgIpc) is 0.816. The molecular weight excluding hydrogens is 1040 g/mol. The summed E-state index contributed by atoms with van der Waals surface area (Å²) in [5.74, 6) is 0. The normalized spacial score (nSPS) is 13.7. The molecule has 14 aromatic carbocycles. The molecule has 2 heterocycles. The zero-order chi connectivity index (χ0) is 57.7. The van der Waals surface area contributed by atoms with E-state index in [2.05, 4.69) is 351 Å². The molecule has 14 aromatic rings. The summed E-state index contributed by atoms with van der Waals surface area (Å²) < 4.78 is 0. The summed E-state index contributed by atoms with van der Waals surface area (Å²) in [7, 11) is 0. The van der Waals surface area contributed by atoms with Crippen LogP contribution in [0.5, 0.6) is 0 Å². The fourth-order valence-electron chi connectivity index (χ4n) is 14.3. The molecule has 0 radical (unpaired) electrons. The van der Waals surface area contributed by atoms with E-state index in [4.69, 9.17) is 0 Å². The predicted octanol–water partition coefficient (Wildman–Crippen LogP) is 23.1. The number of benzene rings is 14. The van der Waals surface area contributed by atoms with E-state index in [0.29, 0.717) is 0 Å². The van der Waals surface area contributed by atoms with Crippen LogP contribution in [0.3, 0.4) is 0 Å². The second kappa shape index (κ2) is 20.0. The average molecular weight is 1100 g/mol. The largest absolute Gasteiger partial charge is 0.310 e. The van der Waals surface area contributed by atoms with E-state index in [1.807, 2.05) is 0 Å². The van der Waals surface area contributed by atoms with Crippen molar-refractivity contribution >= 4 is 111 Å². The van der Waals surface area contributed by atoms with E-state index < -0.39 is 0 Å². The number of rotatable bonds is 9. The molecule has 0 aliphatic carbocycles. The molecule has 0 N–H and O–H groups in total. The number of fused-ring (bicyclic) bond motifs is 8. The van der Waals surface area contributed by atoms with Gasteiger partial charge in [-0.1, -0.05) is 222 Å². The molecule has 0 fully saturated rings. The van der Waals surface area contributed by atoms with E-state index in [-0.39, 0.29) is 10.8 Å². The third-order valence-electron chi connectivity index (χ3n) is 18.5. The van der Waals surface area contributed by atoms with Crippen LogP contribution in [0, 0.1) is 0 Å². The minimum absolute atomic E-state index is 0.293. The Hall–Kier alpha value is -10.7. The molecule has 0 unspecified atom stereocenters. The molecule has 0 saturated carbocycles. The number of para-hydroxylation sites is 4. The molecule has 2 aliphatic heterocycles. The first-order valence-electron chi connectivity index (χ1n) is 30.0. The van der Waals surface area contributed by atoms with Gasteiger partial charge >= 0.3 is 0 Å². The second-order valence-corrected chi connectivity index (χ2v) is 24.1. The Bertz CT molecular complexity index is 4530. The Balaban J connectivity index is 0.839. The zero-order valence-electron chi connectivity index (χ0n) is 48.7. The fourth-order valence-corrected chi connectivity index (χ4v) is 14.3. The highest BCUT2D eigenvalue weighted by Gasteiger charge is 2.39. The topological polar surface area (TPSA) is 13.0 Å². The van der Waals surface area contributed by atoms with Gasteiger partial charge in [-0.15, -0.1) is 0 Å². The Morgan fingerprint density at radius 2 is 0.535 bits per heavy atom. The zero-order valence-corrected chi connectivity index (χ0v) is 48.7. The molecule has 0 aromatic heterocycles. The lowest BCUT2D eigenvalue weighted by atomic mass is 9.73. The molecule has 0 bridgehead atoms. The van der Waals surface area contributed by atoms with E-state index >= 15 is 0 Å². The van der Waals surface area contributed by atoms with Crippen molar-refractivity contribution in [3.05, 3.63) is 326 Å². The summed E-state index contributed by atoms with van der Waals surface area (Å²) >= 11 is 0. The summed E-state index contributed by atoms with van der Waals surface area (Å²) in [6.07, 6.45) is 0. The first-order valence-corrected chi connectivity index (χ1v) is 30.0. The molecular formula is C82H62N4. The third kappa shape index (κ3) is 8.12. The lowest BCUT2D eigenvalue weighted by molar-refractivity contribution is 0.632. The molecule has 4 nitrogen and oxygen atoms in total. The van der Waals surface area contributed by atoms with Crippen molar-refractivity contribution in [3.63, 3.8) is 0 Å². The highest BCUT2D eigenvalue weighted by Crippen LogP contribution is 2.57. The van der Waals surface area contributed by atoms with Gasteiger partial charge in [0.15, 0.2) is 0 Å². The van der Waals surface area contributed by atoms with Crippen molar-refractivity contribution in [1.82, 2.24) is 0 Å². The van der Waals surface area contributed by atoms with Crippen molar-refractivity contribution < 1.29 is 0 Å². The molecule has 0 amide bonds. The summed E-state index contributed by atoms with van der Waals surface area (Å²) in [5, 5.41) is 9.60. The number of nitrogens with zero attached hydrogens (tertiary/aromatic N) is 4. The molecule has 2 aliphatic rings. The highest BCUT2D eigenvalue weighted by molar-refractivity contribution is 6.16. The Labute approximate surface area is 503 Å². The van der Waals surface area contributed by atoms with Crippen molar-refractivity contribution in [3.8, 4) is 11.1 Å². The smallest absolute Gasteiger partial charge is 0.0618 e. The molecule has 16 rings (SSSR count). The number of hydrogen-bond donors (Lipinski definition) is 0. The summed E-state index contributed by atoms with van der Waals surface area (Å²) in [4.78, 5) is 9.89. The van der Waals surface area contributed by atoms with Gasteiger partial charge in [0.1, 0.15) is 0 Å². The van der Waals surface area contributed by atoms with Crippen molar-refractivity contribution in [2.24, 2.45) is 0 Å². The van der Waals surface area contributed by atoms with Gasteiger partial charge in [-0.2, -0.15) is 0 Å². The summed E-state index contributed by atoms with van der Waals surface area (Å²) in [5.41, 5.74) is 20.6. The van der Waals surface area contributed by atoms with E-state index in [9.17, 15) is 0 Å². The van der Waals surface area contributed by atoms with Gasteiger partial charge < -0.3 is 19.6 Å². The minimum atomic E-state index is -0.293. The maximum absolute atomic E-state index is 2.51. The van der Waals surface area contributed by atoms with Crippen LogP contribution in [0.1, 0.15) is 49.9 Å². The first-order chi connectivity index (χ1) is 42.2. The van der Waals surface area contributed by atoms with E-state index in [1.54, 1.807) is 0 Å². The maximum atomic E-state index is 2.51. The van der Waals surface area contributed by atoms with Crippen molar-refractivity contribution in [2.45, 2.75) is 38.5 Å². The molecule has 86 heavy (non-hydrogen) atoms. The van der Waals surface area contributed by atoms with Gasteiger partial charge in [-0.25, -0.2) is 0 Å². The lowest BCUT2D eigenvalue weighted by Gasteiger charge is -2.42. The number of hydrogen-bond acceptors (Lipinski definition) is 4. The molecule has 0 saturated heterocycles. The first kappa shape index (κ1) is 51.0. The van der Waals surface area contributed by atoms with Gasteiger partial charge in [-0.3, -0.25) is 0 Å². The van der Waals surface area contributed by atoms with Gasteiger partial charge in [0.05, 0.1) is 34.1 Å². The quantitative estimate of drug-likeness (QED) is 0.134. The van der Waals surface area contributed by atoms with Crippen LogP contribution >= 0.6 is 0 Å². The molecule has 4 heteroatoms. The van der Waals surface area contributed by atoms with E-state index in [0.717, 1.165) is 56.6 Å². The van der Waals surface area contributed by atoms with Crippen molar-refractivity contribution in [1.29, 1.82) is 0 Å². The van der Waals surface area contributed by atoms with Gasteiger partial charge in [0.2, 0.25) is 0 Å². The van der Waals surface area contributed by atoms with Crippen LogP contribution < -0.4 is 19.6 Å². The molecule has 0 spiro atoms. The van der Waals surface area contributed by atoms with E-state index in [1.165, 1.54) is 88.1 Å². The van der Waals surface area contributed by atoms with Crippen LogP contribution in [0.2, 0.25) is 0 Å². The lowest BCUT2D eigenvalue weighted by Crippen LogP contribution is -2.31. The standard InChI is InChI=1S/C82H62N4/c1-81(2)71-35-19-21-37-75(71)85(61-27-7-5-8-28-61)77-49-47-65(53-73(77)81)83(79-67-31-15-11-23-57(67)51-58-24-12-16-32-68(58)79)63-43-39-55(40-44-63)56-41-45-64(46-42-56)84(80-69-33-17-13-25-59(69)52-60-26-14-18-34-70(60)80)66-48-50-78-74(54-66)82(3,4)72-36-20-22-38-76(72)86(78)62-29-9-6-10-30-62/h5-54H,1-4H3. The van der Waals surface area contributed by atoms with Crippen LogP contribution in [-0.4, -0.2) is 0 Å². The monoisotopic (exact) mass is 1100 g/mol. The Morgan fingerprint density at radius 3 is 0.895 bits per heavy atom. The van der Waals surface area contributed by atoms with Gasteiger partial charge in [0, 0.05) is 66.5 Å². The van der Waals surface area contributed by atoms with Crippen LogP contribution in [0.25, 0.3) is 54.2 Å². The van der Waals surface area contributed by atoms with Crippen molar-refractivity contribution in [2.75, 3.05) is 19.6 Å². The molecule has 0 atom stereocenters. The fraction of sp³-hybridized carbons (Fsp3) is 0.0732. The minimum Gasteiger partial charge on any atom is -0.310 e. The summed E-state index contributed by atoms with van der Waals surface area (Å²) in [6.45, 7) is 9.52. The van der Waals surface area contributed by atoms with Crippen LogP contribution in [0.15, 0.2) is 303 Å². The van der Waals surface area contributed by atoms with Crippen LogP contribution in [0.4, 0.5) is 68.2 Å². The Morgan fingerprint density at radius 1 is 0.244 bits per heavy atom. The second-order valence-electron chi connectivity index (χ2n) is 24.1. The summed E-state index contributed by atoms with van der Waals surface area (Å²) in [6, 6.07) is 112. The van der Waals surface area contributed by atoms with Gasteiger partial charge in [-0.05, 0) is 164 Å². The predicted molar refractivity (Wildman–Crippen MR) is 365 cm³/mol. The Kier molecular flexibility index (Phi) is 11.9. The van der Waals surface area contributed by atoms with Crippen LogP contribution in [-0.2, 0) is 10.8 Å². The number of anilines is 12. The highest BCUT2D eigenvalue weighted by atomic mass is 15.2. The third-order valence-corrected chi connectivity index (χ3v) is 18.5. The molecule has 410 valence electrons.